The second kappa shape index (κ2) is 7.79. The predicted octanol–water partition coefficient (Wildman–Crippen LogP) is 2.79. The molecule has 6 nitrogen and oxygen atoms in total. The van der Waals surface area contributed by atoms with E-state index >= 15 is 0 Å². The number of nitrogens with one attached hydrogen (secondary N) is 1. The number of carbonyl (C=O) groups is 2. The molecule has 0 aliphatic carbocycles. The zero-order valence-electron chi connectivity index (χ0n) is 16.3. The van der Waals surface area contributed by atoms with Crippen LogP contribution in [0, 0.1) is 25.5 Å². The molecule has 2 N–H and O–H groups in total. The van der Waals surface area contributed by atoms with E-state index in [1.54, 1.807) is 0 Å². The Morgan fingerprint density at radius 3 is 2.55 bits per heavy atom. The van der Waals surface area contributed by atoms with Crippen LogP contribution in [0.2, 0.25) is 0 Å². The fourth-order valence-electron chi connectivity index (χ4n) is 3.18. The third-order valence-corrected chi connectivity index (χ3v) is 4.94. The van der Waals surface area contributed by atoms with Crippen LogP contribution in [0.5, 0.6) is 5.75 Å². The number of amides is 3. The van der Waals surface area contributed by atoms with E-state index in [0.717, 1.165) is 28.2 Å². The highest BCUT2D eigenvalue weighted by Crippen LogP contribution is 2.30. The van der Waals surface area contributed by atoms with Crippen LogP contribution in [-0.2, 0) is 10.3 Å². The van der Waals surface area contributed by atoms with Crippen LogP contribution in [0.15, 0.2) is 36.4 Å². The Kier molecular flexibility index (Phi) is 5.57. The Morgan fingerprint density at radius 2 is 1.86 bits per heavy atom. The number of imide groups is 1. The molecule has 0 bridgehead atoms. The number of β-amino-alcohol motifs (C(OH)–C–C–N with tert-alkyl or cyclic N) is 1. The summed E-state index contributed by atoms with van der Waals surface area (Å²) in [6, 6.07) is 7.93. The van der Waals surface area contributed by atoms with Crippen molar-refractivity contribution >= 4 is 11.9 Å². The quantitative estimate of drug-likeness (QED) is 0.726. The minimum Gasteiger partial charge on any atom is -0.491 e. The van der Waals surface area contributed by atoms with Gasteiger partial charge in [-0.3, -0.25) is 9.69 Å². The molecule has 0 unspecified atom stereocenters. The number of urea groups is 1. The molecule has 1 saturated heterocycles. The van der Waals surface area contributed by atoms with E-state index < -0.39 is 35.2 Å². The number of nitrogens with zero attached hydrogens (tertiary/aromatic N) is 1. The first-order valence-electron chi connectivity index (χ1n) is 9.09. The number of hydrogen-bond acceptors (Lipinski definition) is 4. The van der Waals surface area contributed by atoms with Crippen molar-refractivity contribution in [2.24, 2.45) is 0 Å². The van der Waals surface area contributed by atoms with Crippen molar-refractivity contribution in [2.45, 2.75) is 32.4 Å². The number of halogens is 2. The molecule has 3 rings (SSSR count). The minimum atomic E-state index is -1.56. The topological polar surface area (TPSA) is 78.9 Å². The molecule has 0 radical (unpaired) electrons. The van der Waals surface area contributed by atoms with Gasteiger partial charge in [-0.15, -0.1) is 0 Å². The minimum absolute atomic E-state index is 0.110. The summed E-state index contributed by atoms with van der Waals surface area (Å²) < 4.78 is 32.4. The maximum atomic E-state index is 13.6. The van der Waals surface area contributed by atoms with Crippen molar-refractivity contribution in [3.63, 3.8) is 0 Å². The lowest BCUT2D eigenvalue weighted by Crippen LogP contribution is -2.43. The third-order valence-electron chi connectivity index (χ3n) is 4.94. The van der Waals surface area contributed by atoms with Gasteiger partial charge in [0.15, 0.2) is 11.6 Å². The number of aliphatic hydroxyl groups is 1. The van der Waals surface area contributed by atoms with E-state index in [0.29, 0.717) is 5.75 Å². The van der Waals surface area contributed by atoms with Gasteiger partial charge in [0.2, 0.25) is 0 Å². The number of aryl methyl sites for hydroxylation is 2. The van der Waals surface area contributed by atoms with E-state index in [1.807, 2.05) is 32.0 Å². The molecule has 29 heavy (non-hydrogen) atoms. The standard InChI is InChI=1S/C21H22F2N2O4/c1-12-4-5-13(2)18(8-12)29-11-15(26)10-25-19(27)21(3,24-20(25)28)14-6-7-16(22)17(23)9-14/h4-9,15,26H,10-11H2,1-3H3,(H,24,28)/t15-,21+/m1/s1. The number of aliphatic hydroxyl groups excluding tert-OH is 1. The molecule has 1 heterocycles. The van der Waals surface area contributed by atoms with E-state index in [2.05, 4.69) is 5.32 Å². The molecule has 8 heteroatoms. The largest absolute Gasteiger partial charge is 0.491 e. The Labute approximate surface area is 167 Å². The molecule has 2 atom stereocenters. The van der Waals surface area contributed by atoms with Crippen molar-refractivity contribution in [3.8, 4) is 5.75 Å². The van der Waals surface area contributed by atoms with Crippen LogP contribution in [-0.4, -0.2) is 41.2 Å². The summed E-state index contributed by atoms with van der Waals surface area (Å²) in [7, 11) is 0. The Balaban J connectivity index is 1.69. The molecule has 2 aromatic carbocycles. The molecule has 0 spiro atoms. The van der Waals surface area contributed by atoms with Crippen molar-refractivity contribution in [2.75, 3.05) is 13.2 Å². The summed E-state index contributed by atoms with van der Waals surface area (Å²) in [4.78, 5) is 26.0. The van der Waals surface area contributed by atoms with Gasteiger partial charge in [-0.25, -0.2) is 13.6 Å². The van der Waals surface area contributed by atoms with Crippen molar-refractivity contribution in [1.29, 1.82) is 0 Å². The second-order valence-electron chi connectivity index (χ2n) is 7.33. The Hall–Kier alpha value is -3.00. The molecular formula is C21H22F2N2O4. The van der Waals surface area contributed by atoms with Crippen LogP contribution in [0.4, 0.5) is 13.6 Å². The number of ether oxygens (including phenoxy) is 1. The smallest absolute Gasteiger partial charge is 0.325 e. The average Bonchev–Trinajstić information content (AvgIpc) is 2.88. The maximum absolute atomic E-state index is 13.6. The van der Waals surface area contributed by atoms with Crippen molar-refractivity contribution in [1.82, 2.24) is 10.2 Å². The first kappa shape index (κ1) is 20.7. The van der Waals surface area contributed by atoms with Gasteiger partial charge in [-0.05, 0) is 55.7 Å². The second-order valence-corrected chi connectivity index (χ2v) is 7.33. The Morgan fingerprint density at radius 1 is 1.14 bits per heavy atom. The Bertz CT molecular complexity index is 966. The summed E-state index contributed by atoms with van der Waals surface area (Å²) in [5.41, 5.74) is 0.442. The molecular weight excluding hydrogens is 382 g/mol. The monoisotopic (exact) mass is 404 g/mol. The predicted molar refractivity (Wildman–Crippen MR) is 101 cm³/mol. The number of benzene rings is 2. The van der Waals surface area contributed by atoms with E-state index in [4.69, 9.17) is 4.74 Å². The van der Waals surface area contributed by atoms with Crippen LogP contribution in [0.1, 0.15) is 23.6 Å². The van der Waals surface area contributed by atoms with Gasteiger partial charge < -0.3 is 15.2 Å². The summed E-state index contributed by atoms with van der Waals surface area (Å²) >= 11 is 0. The lowest BCUT2D eigenvalue weighted by molar-refractivity contribution is -0.132. The van der Waals surface area contributed by atoms with Crippen molar-refractivity contribution < 1.29 is 28.2 Å². The lowest BCUT2D eigenvalue weighted by atomic mass is 9.92. The van der Waals surface area contributed by atoms with Gasteiger partial charge in [-0.1, -0.05) is 18.2 Å². The van der Waals surface area contributed by atoms with Crippen LogP contribution in [0.3, 0.4) is 0 Å². The molecule has 0 saturated carbocycles. The van der Waals surface area contributed by atoms with Crippen LogP contribution in [0.25, 0.3) is 0 Å². The van der Waals surface area contributed by atoms with E-state index in [9.17, 15) is 23.5 Å². The fraction of sp³-hybridized carbons (Fsp3) is 0.333. The SMILES string of the molecule is Cc1ccc(C)c(OC[C@H](O)CN2C(=O)N[C@@](C)(c3ccc(F)c(F)c3)C2=O)c1. The fourth-order valence-corrected chi connectivity index (χ4v) is 3.18. The highest BCUT2D eigenvalue weighted by atomic mass is 19.2. The molecule has 0 aromatic heterocycles. The zero-order valence-corrected chi connectivity index (χ0v) is 16.3. The zero-order chi connectivity index (χ0) is 21.3. The van der Waals surface area contributed by atoms with Gasteiger partial charge in [0, 0.05) is 0 Å². The van der Waals surface area contributed by atoms with Crippen LogP contribution >= 0.6 is 0 Å². The number of rotatable bonds is 6. The molecule has 1 aliphatic heterocycles. The lowest BCUT2D eigenvalue weighted by Gasteiger charge is -2.23. The highest BCUT2D eigenvalue weighted by Gasteiger charge is 2.49. The van der Waals surface area contributed by atoms with Gasteiger partial charge >= 0.3 is 6.03 Å². The molecule has 154 valence electrons. The summed E-state index contributed by atoms with van der Waals surface area (Å²) in [5, 5.41) is 12.8. The van der Waals surface area contributed by atoms with Gasteiger partial charge in [0.05, 0.1) is 6.54 Å². The van der Waals surface area contributed by atoms with Gasteiger partial charge in [-0.2, -0.15) is 0 Å². The first-order chi connectivity index (χ1) is 13.6. The van der Waals surface area contributed by atoms with Gasteiger partial charge in [0.25, 0.3) is 5.91 Å². The van der Waals surface area contributed by atoms with Crippen LogP contribution < -0.4 is 10.1 Å². The number of carbonyl (C=O) groups excluding carboxylic acids is 2. The summed E-state index contributed by atoms with van der Waals surface area (Å²) in [6.07, 6.45) is -1.13. The number of hydrogen-bond donors (Lipinski definition) is 2. The molecule has 3 amide bonds. The van der Waals surface area contributed by atoms with Crippen molar-refractivity contribution in [3.05, 3.63) is 64.7 Å². The maximum Gasteiger partial charge on any atom is 0.325 e. The molecule has 1 aliphatic rings. The third kappa shape index (κ3) is 4.07. The average molecular weight is 404 g/mol. The van der Waals surface area contributed by atoms with Gasteiger partial charge in [0.1, 0.15) is 24.0 Å². The summed E-state index contributed by atoms with van der Waals surface area (Å²) in [5.74, 6) is -2.23. The highest BCUT2D eigenvalue weighted by molar-refractivity contribution is 6.07. The first-order valence-corrected chi connectivity index (χ1v) is 9.09. The molecule has 1 fully saturated rings. The molecule has 2 aromatic rings. The van der Waals surface area contributed by atoms with E-state index in [-0.39, 0.29) is 18.7 Å². The van der Waals surface area contributed by atoms with E-state index in [1.165, 1.54) is 13.0 Å². The normalized spacial score (nSPS) is 20.0. The summed E-state index contributed by atoms with van der Waals surface area (Å²) in [6.45, 7) is 4.76.